The Balaban J connectivity index is 1.96. The normalized spacial score (nSPS) is 22.9. The van der Waals surface area contributed by atoms with Gasteiger partial charge in [-0.25, -0.2) is 8.78 Å². The van der Waals surface area contributed by atoms with Crippen LogP contribution in [0.15, 0.2) is 4.52 Å². The van der Waals surface area contributed by atoms with Crippen LogP contribution in [-0.4, -0.2) is 33.5 Å². The SMILES string of the molecule is OC(Cc1nc(C2CCCS2)no1)C(F)F. The van der Waals surface area contributed by atoms with Crippen molar-refractivity contribution in [3.05, 3.63) is 11.7 Å². The molecule has 2 heterocycles. The van der Waals surface area contributed by atoms with Gasteiger partial charge in [0.2, 0.25) is 5.89 Å². The number of aliphatic hydroxyl groups excluding tert-OH is 1. The first-order valence-electron chi connectivity index (χ1n) is 5.07. The molecule has 4 nitrogen and oxygen atoms in total. The number of aromatic nitrogens is 2. The summed E-state index contributed by atoms with van der Waals surface area (Å²) < 4.78 is 29.0. The Morgan fingerprint density at radius 3 is 3.00 bits per heavy atom. The van der Waals surface area contributed by atoms with Gasteiger partial charge in [0.15, 0.2) is 5.82 Å². The van der Waals surface area contributed by atoms with Gasteiger partial charge in [0.05, 0.1) is 11.7 Å². The number of rotatable bonds is 4. The van der Waals surface area contributed by atoms with Gasteiger partial charge in [0.1, 0.15) is 6.10 Å². The van der Waals surface area contributed by atoms with Crippen molar-refractivity contribution < 1.29 is 18.4 Å². The Bertz CT molecular complexity index is 342. The minimum absolute atomic E-state index is 0.0790. The van der Waals surface area contributed by atoms with Crippen LogP contribution in [0.2, 0.25) is 0 Å². The van der Waals surface area contributed by atoms with Gasteiger partial charge in [-0.05, 0) is 18.6 Å². The molecule has 2 rings (SSSR count). The molecule has 2 atom stereocenters. The molecule has 7 heteroatoms. The highest BCUT2D eigenvalue weighted by Gasteiger charge is 2.25. The smallest absolute Gasteiger partial charge is 0.264 e. The van der Waals surface area contributed by atoms with Gasteiger partial charge in [-0.1, -0.05) is 5.16 Å². The summed E-state index contributed by atoms with van der Waals surface area (Å²) in [6, 6.07) is 0. The second-order valence-corrected chi connectivity index (χ2v) is 4.96. The van der Waals surface area contributed by atoms with Gasteiger partial charge in [-0.15, -0.1) is 0 Å². The monoisotopic (exact) mass is 250 g/mol. The van der Waals surface area contributed by atoms with E-state index < -0.39 is 12.5 Å². The number of aliphatic hydroxyl groups is 1. The highest BCUT2D eigenvalue weighted by atomic mass is 32.2. The van der Waals surface area contributed by atoms with E-state index in [-0.39, 0.29) is 17.6 Å². The average Bonchev–Trinajstić information content (AvgIpc) is 2.85. The molecule has 90 valence electrons. The molecule has 0 saturated carbocycles. The Morgan fingerprint density at radius 1 is 1.56 bits per heavy atom. The lowest BCUT2D eigenvalue weighted by Crippen LogP contribution is -2.20. The molecule has 1 saturated heterocycles. The molecular formula is C9H12F2N2O2S. The lowest BCUT2D eigenvalue weighted by Gasteiger charge is -2.04. The zero-order valence-corrected chi connectivity index (χ0v) is 9.29. The number of alkyl halides is 2. The van der Waals surface area contributed by atoms with E-state index in [0.29, 0.717) is 5.82 Å². The van der Waals surface area contributed by atoms with Crippen molar-refractivity contribution in [2.45, 2.75) is 37.0 Å². The fraction of sp³-hybridized carbons (Fsp3) is 0.778. The molecule has 1 aliphatic heterocycles. The molecule has 0 spiro atoms. The number of thioether (sulfide) groups is 1. The van der Waals surface area contributed by atoms with Crippen LogP contribution in [0.5, 0.6) is 0 Å². The lowest BCUT2D eigenvalue weighted by atomic mass is 10.2. The molecule has 0 radical (unpaired) electrons. The highest BCUT2D eigenvalue weighted by Crippen LogP contribution is 2.38. The zero-order valence-electron chi connectivity index (χ0n) is 8.47. The first-order chi connectivity index (χ1) is 7.66. The maximum absolute atomic E-state index is 12.1. The molecule has 0 aromatic carbocycles. The topological polar surface area (TPSA) is 59.2 Å². The zero-order chi connectivity index (χ0) is 11.5. The van der Waals surface area contributed by atoms with Crippen LogP contribution in [0, 0.1) is 0 Å². The van der Waals surface area contributed by atoms with Crippen LogP contribution in [0.4, 0.5) is 8.78 Å². The lowest BCUT2D eigenvalue weighted by molar-refractivity contribution is -0.00754. The molecule has 0 bridgehead atoms. The third-order valence-electron chi connectivity index (χ3n) is 2.38. The molecular weight excluding hydrogens is 238 g/mol. The van der Waals surface area contributed by atoms with E-state index in [4.69, 9.17) is 9.63 Å². The predicted molar refractivity (Wildman–Crippen MR) is 54.4 cm³/mol. The number of hydrogen-bond donors (Lipinski definition) is 1. The molecule has 1 fully saturated rings. The van der Waals surface area contributed by atoms with Gasteiger partial charge in [0.25, 0.3) is 6.43 Å². The van der Waals surface area contributed by atoms with E-state index in [0.717, 1.165) is 18.6 Å². The van der Waals surface area contributed by atoms with Crippen LogP contribution < -0.4 is 0 Å². The van der Waals surface area contributed by atoms with Crippen molar-refractivity contribution in [1.82, 2.24) is 10.1 Å². The van der Waals surface area contributed by atoms with E-state index in [1.54, 1.807) is 11.8 Å². The standard InChI is InChI=1S/C9H12F2N2O2S/c10-8(11)5(14)4-7-12-9(13-15-7)6-2-1-3-16-6/h5-6,8,14H,1-4H2. The molecule has 1 aromatic rings. The van der Waals surface area contributed by atoms with Crippen LogP contribution in [0.3, 0.4) is 0 Å². The molecule has 2 unspecified atom stereocenters. The Morgan fingerprint density at radius 2 is 2.38 bits per heavy atom. The Kier molecular flexibility index (Phi) is 3.75. The minimum Gasteiger partial charge on any atom is -0.387 e. The van der Waals surface area contributed by atoms with Crippen LogP contribution in [0.1, 0.15) is 29.8 Å². The van der Waals surface area contributed by atoms with Crippen molar-refractivity contribution >= 4 is 11.8 Å². The first-order valence-corrected chi connectivity index (χ1v) is 6.12. The van der Waals surface area contributed by atoms with Crippen LogP contribution >= 0.6 is 11.8 Å². The third-order valence-corrected chi connectivity index (χ3v) is 3.75. The maximum atomic E-state index is 12.1. The summed E-state index contributed by atoms with van der Waals surface area (Å²) in [4.78, 5) is 4.02. The minimum atomic E-state index is -2.78. The van der Waals surface area contributed by atoms with E-state index in [1.807, 2.05) is 0 Å². The summed E-state index contributed by atoms with van der Waals surface area (Å²) in [7, 11) is 0. The van der Waals surface area contributed by atoms with Gasteiger partial charge in [0, 0.05) is 0 Å². The van der Waals surface area contributed by atoms with Crippen molar-refractivity contribution in [3.63, 3.8) is 0 Å². The summed E-state index contributed by atoms with van der Waals surface area (Å²) in [6.07, 6.45) is -2.71. The predicted octanol–water partition coefficient (Wildman–Crippen LogP) is 1.81. The van der Waals surface area contributed by atoms with Crippen LogP contribution in [-0.2, 0) is 6.42 Å². The average molecular weight is 250 g/mol. The fourth-order valence-corrected chi connectivity index (χ4v) is 2.73. The van der Waals surface area contributed by atoms with E-state index in [2.05, 4.69) is 10.1 Å². The summed E-state index contributed by atoms with van der Waals surface area (Å²) in [5.74, 6) is 1.70. The van der Waals surface area contributed by atoms with Gasteiger partial charge in [-0.2, -0.15) is 16.7 Å². The molecule has 16 heavy (non-hydrogen) atoms. The molecule has 0 aliphatic carbocycles. The van der Waals surface area contributed by atoms with E-state index >= 15 is 0 Å². The van der Waals surface area contributed by atoms with Crippen molar-refractivity contribution in [3.8, 4) is 0 Å². The second kappa shape index (κ2) is 5.09. The van der Waals surface area contributed by atoms with Crippen LogP contribution in [0.25, 0.3) is 0 Å². The summed E-state index contributed by atoms with van der Waals surface area (Å²) in [5, 5.41) is 12.9. The van der Waals surface area contributed by atoms with Gasteiger partial charge >= 0.3 is 0 Å². The molecule has 1 aliphatic rings. The highest BCUT2D eigenvalue weighted by molar-refractivity contribution is 7.99. The summed E-state index contributed by atoms with van der Waals surface area (Å²) in [6.45, 7) is 0. The Hall–Kier alpha value is -0.690. The molecule has 0 amide bonds. The van der Waals surface area contributed by atoms with E-state index in [1.165, 1.54) is 0 Å². The Labute approximate surface area is 95.4 Å². The largest absolute Gasteiger partial charge is 0.387 e. The van der Waals surface area contributed by atoms with Crippen molar-refractivity contribution in [2.24, 2.45) is 0 Å². The quantitative estimate of drug-likeness (QED) is 0.883. The number of nitrogens with zero attached hydrogens (tertiary/aromatic N) is 2. The fourth-order valence-electron chi connectivity index (χ4n) is 1.53. The van der Waals surface area contributed by atoms with Crippen molar-refractivity contribution in [1.29, 1.82) is 0 Å². The first kappa shape index (κ1) is 11.8. The van der Waals surface area contributed by atoms with Crippen molar-refractivity contribution in [2.75, 3.05) is 5.75 Å². The molecule has 1 aromatic heterocycles. The summed E-state index contributed by atoms with van der Waals surface area (Å²) >= 11 is 1.74. The third kappa shape index (κ3) is 2.70. The van der Waals surface area contributed by atoms with Gasteiger partial charge in [-0.3, -0.25) is 0 Å². The van der Waals surface area contributed by atoms with Gasteiger partial charge < -0.3 is 9.63 Å². The molecule has 1 N–H and O–H groups in total. The number of halogens is 2. The maximum Gasteiger partial charge on any atom is 0.264 e. The number of hydrogen-bond acceptors (Lipinski definition) is 5. The second-order valence-electron chi connectivity index (χ2n) is 3.65. The van der Waals surface area contributed by atoms with E-state index in [9.17, 15) is 8.78 Å². The summed E-state index contributed by atoms with van der Waals surface area (Å²) in [5.41, 5.74) is 0.